The van der Waals surface area contributed by atoms with Gasteiger partial charge in [0.15, 0.2) is 0 Å². The molecule has 1 saturated heterocycles. The van der Waals surface area contributed by atoms with Crippen LogP contribution in [0.4, 0.5) is 5.69 Å². The van der Waals surface area contributed by atoms with Crippen LogP contribution in [-0.2, 0) is 9.59 Å². The summed E-state index contributed by atoms with van der Waals surface area (Å²) in [6.07, 6.45) is 2.23. The largest absolute Gasteiger partial charge is 0.352 e. The van der Waals surface area contributed by atoms with Gasteiger partial charge in [0.05, 0.1) is 12.6 Å². The van der Waals surface area contributed by atoms with E-state index in [-0.39, 0.29) is 17.9 Å². The number of hydrogen-bond acceptors (Lipinski definition) is 4. The maximum absolute atomic E-state index is 12.4. The maximum atomic E-state index is 12.4. The Bertz CT molecular complexity index is 664. The second kappa shape index (κ2) is 8.85. The van der Waals surface area contributed by atoms with Crippen molar-refractivity contribution in [3.63, 3.8) is 0 Å². The summed E-state index contributed by atoms with van der Waals surface area (Å²) in [5.41, 5.74) is 2.08. The highest BCUT2D eigenvalue weighted by molar-refractivity contribution is 5.92. The average molecular weight is 373 g/mol. The Morgan fingerprint density at radius 1 is 1.11 bits per heavy atom. The van der Waals surface area contributed by atoms with Gasteiger partial charge in [-0.2, -0.15) is 0 Å². The van der Waals surface area contributed by atoms with Gasteiger partial charge < -0.3 is 10.6 Å². The van der Waals surface area contributed by atoms with E-state index >= 15 is 0 Å². The molecule has 1 atom stereocenters. The number of amides is 2. The highest BCUT2D eigenvalue weighted by atomic mass is 16.2. The Morgan fingerprint density at radius 2 is 1.81 bits per heavy atom. The first-order chi connectivity index (χ1) is 12.9. The first-order valence-electron chi connectivity index (χ1n) is 10.1. The van der Waals surface area contributed by atoms with Crippen LogP contribution in [0, 0.1) is 0 Å². The van der Waals surface area contributed by atoms with Gasteiger partial charge in [-0.15, -0.1) is 0 Å². The molecule has 2 amide bonds. The van der Waals surface area contributed by atoms with Crippen LogP contribution in [0.3, 0.4) is 0 Å². The number of piperazine rings is 1. The molecule has 27 heavy (non-hydrogen) atoms. The molecule has 1 unspecified atom stereocenters. The van der Waals surface area contributed by atoms with E-state index in [1.807, 2.05) is 25.1 Å². The van der Waals surface area contributed by atoms with Crippen molar-refractivity contribution in [1.82, 2.24) is 15.1 Å². The molecule has 0 spiro atoms. The van der Waals surface area contributed by atoms with Gasteiger partial charge in [-0.1, -0.05) is 26.0 Å². The molecule has 0 aromatic heterocycles. The number of anilines is 1. The Kier molecular flexibility index (Phi) is 6.50. The number of benzene rings is 1. The minimum Gasteiger partial charge on any atom is -0.352 e. The summed E-state index contributed by atoms with van der Waals surface area (Å²) in [4.78, 5) is 28.9. The third kappa shape index (κ3) is 5.78. The van der Waals surface area contributed by atoms with E-state index in [0.29, 0.717) is 18.5 Å². The summed E-state index contributed by atoms with van der Waals surface area (Å²) in [6.45, 7) is 9.90. The van der Waals surface area contributed by atoms with Crippen LogP contribution < -0.4 is 10.6 Å². The molecule has 1 aliphatic heterocycles. The van der Waals surface area contributed by atoms with Gasteiger partial charge in [-0.3, -0.25) is 19.4 Å². The number of rotatable bonds is 7. The van der Waals surface area contributed by atoms with E-state index in [2.05, 4.69) is 40.3 Å². The Labute approximate surface area is 162 Å². The van der Waals surface area contributed by atoms with Crippen LogP contribution in [0.2, 0.25) is 0 Å². The number of nitrogens with one attached hydrogen (secondary N) is 2. The number of carbonyl (C=O) groups excluding carboxylic acids is 2. The van der Waals surface area contributed by atoms with Crippen molar-refractivity contribution in [3.8, 4) is 0 Å². The minimum absolute atomic E-state index is 0.0175. The molecule has 1 saturated carbocycles. The average Bonchev–Trinajstić information content (AvgIpc) is 3.45. The fourth-order valence-electron chi connectivity index (χ4n) is 3.40. The third-order valence-corrected chi connectivity index (χ3v) is 5.46. The van der Waals surface area contributed by atoms with Crippen molar-refractivity contribution in [1.29, 1.82) is 0 Å². The summed E-state index contributed by atoms with van der Waals surface area (Å²) in [6, 6.07) is 8.35. The van der Waals surface area contributed by atoms with Gasteiger partial charge in [0.1, 0.15) is 0 Å². The van der Waals surface area contributed by atoms with Crippen LogP contribution in [0.25, 0.3) is 0 Å². The SMILES string of the molecule is CC(C)c1cccc(NC(=O)CN2CCN(C(C)C(=O)NC3CC3)CC2)c1. The lowest BCUT2D eigenvalue weighted by Crippen LogP contribution is -2.55. The molecule has 1 aromatic carbocycles. The number of carbonyl (C=O) groups is 2. The standard InChI is InChI=1S/C21H32N4O2/c1-15(2)17-5-4-6-19(13-17)22-20(26)14-24-9-11-25(12-10-24)16(3)21(27)23-18-7-8-18/h4-6,13,15-16,18H,7-12,14H2,1-3H3,(H,22,26)(H,23,27). The van der Waals surface area contributed by atoms with Gasteiger partial charge in [-0.25, -0.2) is 0 Å². The van der Waals surface area contributed by atoms with Gasteiger partial charge >= 0.3 is 0 Å². The zero-order valence-corrected chi connectivity index (χ0v) is 16.7. The predicted molar refractivity (Wildman–Crippen MR) is 108 cm³/mol. The van der Waals surface area contributed by atoms with Crippen molar-refractivity contribution < 1.29 is 9.59 Å². The molecule has 0 bridgehead atoms. The second-order valence-corrected chi connectivity index (χ2v) is 8.10. The van der Waals surface area contributed by atoms with Gasteiger partial charge in [0.25, 0.3) is 0 Å². The molecule has 6 nitrogen and oxygen atoms in total. The Balaban J connectivity index is 1.42. The number of hydrogen-bond donors (Lipinski definition) is 2. The van der Waals surface area contributed by atoms with Crippen LogP contribution in [0.5, 0.6) is 0 Å². The van der Waals surface area contributed by atoms with Gasteiger partial charge in [-0.05, 0) is 43.4 Å². The van der Waals surface area contributed by atoms with Crippen molar-refractivity contribution in [3.05, 3.63) is 29.8 Å². The van der Waals surface area contributed by atoms with E-state index in [1.165, 1.54) is 5.56 Å². The molecule has 1 aliphatic carbocycles. The zero-order valence-electron chi connectivity index (χ0n) is 16.7. The molecular formula is C21H32N4O2. The summed E-state index contributed by atoms with van der Waals surface area (Å²) >= 11 is 0. The molecule has 2 aliphatic rings. The lowest BCUT2D eigenvalue weighted by Gasteiger charge is -2.37. The van der Waals surface area contributed by atoms with E-state index < -0.39 is 0 Å². The fraction of sp³-hybridized carbons (Fsp3) is 0.619. The van der Waals surface area contributed by atoms with Gasteiger partial charge in [0, 0.05) is 37.9 Å². The highest BCUT2D eigenvalue weighted by Gasteiger charge is 2.30. The first-order valence-corrected chi connectivity index (χ1v) is 10.1. The fourth-order valence-corrected chi connectivity index (χ4v) is 3.40. The van der Waals surface area contributed by atoms with Gasteiger partial charge in [0.2, 0.25) is 11.8 Å². The molecule has 1 aromatic rings. The van der Waals surface area contributed by atoms with E-state index in [4.69, 9.17) is 0 Å². The molecular weight excluding hydrogens is 340 g/mol. The quantitative estimate of drug-likeness (QED) is 0.769. The number of nitrogens with zero attached hydrogens (tertiary/aromatic N) is 2. The molecule has 148 valence electrons. The molecule has 2 N–H and O–H groups in total. The minimum atomic E-state index is -0.0969. The summed E-state index contributed by atoms with van der Waals surface area (Å²) < 4.78 is 0. The molecule has 1 heterocycles. The molecule has 6 heteroatoms. The summed E-state index contributed by atoms with van der Waals surface area (Å²) in [7, 11) is 0. The highest BCUT2D eigenvalue weighted by Crippen LogP contribution is 2.20. The Hall–Kier alpha value is -1.92. The monoisotopic (exact) mass is 372 g/mol. The topological polar surface area (TPSA) is 64.7 Å². The van der Waals surface area contributed by atoms with E-state index in [1.54, 1.807) is 0 Å². The third-order valence-electron chi connectivity index (χ3n) is 5.46. The van der Waals surface area contributed by atoms with Crippen LogP contribution in [0.15, 0.2) is 24.3 Å². The lowest BCUT2D eigenvalue weighted by molar-refractivity contribution is -0.127. The lowest BCUT2D eigenvalue weighted by atomic mass is 10.0. The Morgan fingerprint density at radius 3 is 2.44 bits per heavy atom. The first kappa shape index (κ1) is 19.8. The van der Waals surface area contributed by atoms with E-state index in [9.17, 15) is 9.59 Å². The van der Waals surface area contributed by atoms with Crippen LogP contribution in [-0.4, -0.2) is 66.4 Å². The second-order valence-electron chi connectivity index (χ2n) is 8.10. The van der Waals surface area contributed by atoms with Crippen molar-refractivity contribution in [2.45, 2.75) is 51.6 Å². The maximum Gasteiger partial charge on any atom is 0.238 e. The van der Waals surface area contributed by atoms with Crippen LogP contribution >= 0.6 is 0 Å². The summed E-state index contributed by atoms with van der Waals surface area (Å²) in [5, 5.41) is 6.08. The molecule has 0 radical (unpaired) electrons. The summed E-state index contributed by atoms with van der Waals surface area (Å²) in [5.74, 6) is 0.589. The van der Waals surface area contributed by atoms with Crippen molar-refractivity contribution >= 4 is 17.5 Å². The molecule has 2 fully saturated rings. The van der Waals surface area contributed by atoms with Crippen LogP contribution in [0.1, 0.15) is 45.1 Å². The molecule has 3 rings (SSSR count). The van der Waals surface area contributed by atoms with E-state index in [0.717, 1.165) is 44.7 Å². The zero-order chi connectivity index (χ0) is 19.4. The van der Waals surface area contributed by atoms with Crippen molar-refractivity contribution in [2.24, 2.45) is 0 Å². The normalized spacial score (nSPS) is 19.7. The smallest absolute Gasteiger partial charge is 0.238 e. The van der Waals surface area contributed by atoms with Crippen molar-refractivity contribution in [2.75, 3.05) is 38.0 Å². The predicted octanol–water partition coefficient (Wildman–Crippen LogP) is 2.03.